The van der Waals surface area contributed by atoms with E-state index < -0.39 is 11.6 Å². The minimum absolute atomic E-state index is 0.173. The van der Waals surface area contributed by atoms with Gasteiger partial charge < -0.3 is 5.73 Å². The Bertz CT molecular complexity index is 582. The van der Waals surface area contributed by atoms with Gasteiger partial charge in [0.25, 0.3) is 0 Å². The Kier molecular flexibility index (Phi) is 3.15. The standard InChI is InChI=1S/C13H10BrF2N/c1-7-4-12(16)10(6-13(7)17)9-5-8(14)2-3-11(9)15/h2-6H,17H2,1H3. The van der Waals surface area contributed by atoms with Gasteiger partial charge in [-0.05, 0) is 42.8 Å². The van der Waals surface area contributed by atoms with Crippen molar-refractivity contribution < 1.29 is 8.78 Å². The molecule has 0 spiro atoms. The van der Waals surface area contributed by atoms with Crippen LogP contribution in [0.2, 0.25) is 0 Å². The van der Waals surface area contributed by atoms with E-state index in [2.05, 4.69) is 15.9 Å². The van der Waals surface area contributed by atoms with Crippen LogP contribution in [0, 0.1) is 18.6 Å². The fourth-order valence-corrected chi connectivity index (χ4v) is 1.96. The number of anilines is 1. The summed E-state index contributed by atoms with van der Waals surface area (Å²) in [5.74, 6) is -0.955. The zero-order valence-electron chi connectivity index (χ0n) is 9.10. The van der Waals surface area contributed by atoms with E-state index in [1.807, 2.05) is 0 Å². The second kappa shape index (κ2) is 4.45. The highest BCUT2D eigenvalue weighted by Crippen LogP contribution is 2.31. The molecule has 1 nitrogen and oxygen atoms in total. The van der Waals surface area contributed by atoms with Gasteiger partial charge in [-0.3, -0.25) is 0 Å². The van der Waals surface area contributed by atoms with Gasteiger partial charge in [0, 0.05) is 21.3 Å². The fourth-order valence-electron chi connectivity index (χ4n) is 1.60. The van der Waals surface area contributed by atoms with E-state index in [1.54, 1.807) is 13.0 Å². The van der Waals surface area contributed by atoms with E-state index in [0.717, 1.165) is 0 Å². The lowest BCUT2D eigenvalue weighted by molar-refractivity contribution is 0.615. The van der Waals surface area contributed by atoms with Crippen molar-refractivity contribution in [1.29, 1.82) is 0 Å². The first kappa shape index (κ1) is 12.0. The Labute approximate surface area is 106 Å². The number of aryl methyl sites for hydroxylation is 1. The van der Waals surface area contributed by atoms with Crippen molar-refractivity contribution in [3.8, 4) is 11.1 Å². The molecule has 0 saturated carbocycles. The van der Waals surface area contributed by atoms with Crippen molar-refractivity contribution in [3.63, 3.8) is 0 Å². The summed E-state index contributed by atoms with van der Waals surface area (Å²) in [6.45, 7) is 1.71. The highest BCUT2D eigenvalue weighted by Gasteiger charge is 2.12. The number of rotatable bonds is 1. The average molecular weight is 298 g/mol. The second-order valence-electron chi connectivity index (χ2n) is 3.81. The van der Waals surface area contributed by atoms with E-state index in [-0.39, 0.29) is 11.1 Å². The molecule has 0 bridgehead atoms. The molecule has 17 heavy (non-hydrogen) atoms. The Morgan fingerprint density at radius 1 is 1.00 bits per heavy atom. The first-order chi connectivity index (χ1) is 7.99. The van der Waals surface area contributed by atoms with Crippen molar-refractivity contribution >= 4 is 21.6 Å². The molecule has 0 aliphatic heterocycles. The van der Waals surface area contributed by atoms with Crippen LogP contribution < -0.4 is 5.73 Å². The summed E-state index contributed by atoms with van der Waals surface area (Å²) >= 11 is 3.23. The van der Waals surface area contributed by atoms with Crippen molar-refractivity contribution in [1.82, 2.24) is 0 Å². The molecule has 0 radical (unpaired) electrons. The third-order valence-electron chi connectivity index (χ3n) is 2.57. The van der Waals surface area contributed by atoms with Gasteiger partial charge in [-0.25, -0.2) is 8.78 Å². The lowest BCUT2D eigenvalue weighted by atomic mass is 10.0. The number of hydrogen-bond donors (Lipinski definition) is 1. The largest absolute Gasteiger partial charge is 0.398 e. The first-order valence-electron chi connectivity index (χ1n) is 5.00. The Balaban J connectivity index is 2.68. The fraction of sp³-hybridized carbons (Fsp3) is 0.0769. The molecule has 2 N–H and O–H groups in total. The third kappa shape index (κ3) is 2.31. The molecule has 88 valence electrons. The monoisotopic (exact) mass is 297 g/mol. The number of nitrogens with two attached hydrogens (primary N) is 1. The van der Waals surface area contributed by atoms with Gasteiger partial charge in [0.1, 0.15) is 11.6 Å². The summed E-state index contributed by atoms with van der Waals surface area (Å²) in [6, 6.07) is 7.15. The smallest absolute Gasteiger partial charge is 0.131 e. The van der Waals surface area contributed by atoms with E-state index >= 15 is 0 Å². The molecule has 0 fully saturated rings. The molecule has 0 aliphatic rings. The van der Waals surface area contributed by atoms with Crippen LogP contribution in [0.1, 0.15) is 5.56 Å². The molecule has 0 aliphatic carbocycles. The topological polar surface area (TPSA) is 26.0 Å². The molecular formula is C13H10BrF2N. The van der Waals surface area contributed by atoms with Crippen LogP contribution in [-0.4, -0.2) is 0 Å². The molecule has 0 aromatic heterocycles. The second-order valence-corrected chi connectivity index (χ2v) is 4.73. The molecule has 2 aromatic carbocycles. The summed E-state index contributed by atoms with van der Waals surface area (Å²) in [6.07, 6.45) is 0. The summed E-state index contributed by atoms with van der Waals surface area (Å²) in [5.41, 5.74) is 7.17. The zero-order valence-corrected chi connectivity index (χ0v) is 10.7. The maximum absolute atomic E-state index is 13.8. The van der Waals surface area contributed by atoms with Gasteiger partial charge >= 0.3 is 0 Å². The van der Waals surface area contributed by atoms with E-state index in [0.29, 0.717) is 15.7 Å². The molecule has 0 atom stereocenters. The quantitative estimate of drug-likeness (QED) is 0.781. The zero-order chi connectivity index (χ0) is 12.6. The molecule has 0 unspecified atom stereocenters. The summed E-state index contributed by atoms with van der Waals surface area (Å²) < 4.78 is 28.1. The van der Waals surface area contributed by atoms with Gasteiger partial charge in [-0.2, -0.15) is 0 Å². The van der Waals surface area contributed by atoms with Crippen LogP contribution in [0.25, 0.3) is 11.1 Å². The van der Waals surface area contributed by atoms with Gasteiger partial charge in [0.15, 0.2) is 0 Å². The number of hydrogen-bond acceptors (Lipinski definition) is 1. The van der Waals surface area contributed by atoms with E-state index in [1.165, 1.54) is 24.3 Å². The van der Waals surface area contributed by atoms with Gasteiger partial charge in [-0.15, -0.1) is 0 Å². The van der Waals surface area contributed by atoms with Crippen LogP contribution in [-0.2, 0) is 0 Å². The number of benzene rings is 2. The van der Waals surface area contributed by atoms with E-state index in [9.17, 15) is 8.78 Å². The van der Waals surface area contributed by atoms with Crippen LogP contribution in [0.3, 0.4) is 0 Å². The molecule has 0 amide bonds. The maximum atomic E-state index is 13.8. The van der Waals surface area contributed by atoms with Gasteiger partial charge in [0.2, 0.25) is 0 Å². The summed E-state index contributed by atoms with van der Waals surface area (Å²) in [7, 11) is 0. The van der Waals surface area contributed by atoms with Gasteiger partial charge in [0.05, 0.1) is 0 Å². The number of halogens is 3. The van der Waals surface area contributed by atoms with Gasteiger partial charge in [-0.1, -0.05) is 15.9 Å². The average Bonchev–Trinajstić information content (AvgIpc) is 2.27. The predicted molar refractivity (Wildman–Crippen MR) is 68.6 cm³/mol. The van der Waals surface area contributed by atoms with Crippen molar-refractivity contribution in [2.24, 2.45) is 0 Å². The maximum Gasteiger partial charge on any atom is 0.131 e. The highest BCUT2D eigenvalue weighted by atomic mass is 79.9. The van der Waals surface area contributed by atoms with Crippen LogP contribution in [0.5, 0.6) is 0 Å². The molecular weight excluding hydrogens is 288 g/mol. The normalized spacial score (nSPS) is 10.6. The summed E-state index contributed by atoms with van der Waals surface area (Å²) in [5, 5.41) is 0. The molecule has 4 heteroatoms. The number of nitrogen functional groups attached to an aromatic ring is 1. The van der Waals surface area contributed by atoms with Crippen molar-refractivity contribution in [2.45, 2.75) is 6.92 Å². The first-order valence-corrected chi connectivity index (χ1v) is 5.79. The molecule has 0 heterocycles. The third-order valence-corrected chi connectivity index (χ3v) is 3.07. The Hall–Kier alpha value is -1.42. The Morgan fingerprint density at radius 3 is 2.35 bits per heavy atom. The van der Waals surface area contributed by atoms with E-state index in [4.69, 9.17) is 5.73 Å². The SMILES string of the molecule is Cc1cc(F)c(-c2cc(Br)ccc2F)cc1N. The van der Waals surface area contributed by atoms with Crippen LogP contribution in [0.4, 0.5) is 14.5 Å². The lowest BCUT2D eigenvalue weighted by Gasteiger charge is -2.09. The lowest BCUT2D eigenvalue weighted by Crippen LogP contribution is -1.95. The van der Waals surface area contributed by atoms with Crippen LogP contribution >= 0.6 is 15.9 Å². The molecule has 0 saturated heterocycles. The summed E-state index contributed by atoms with van der Waals surface area (Å²) in [4.78, 5) is 0. The highest BCUT2D eigenvalue weighted by molar-refractivity contribution is 9.10. The molecule has 2 aromatic rings. The minimum Gasteiger partial charge on any atom is -0.398 e. The minimum atomic E-state index is -0.478. The van der Waals surface area contributed by atoms with Crippen molar-refractivity contribution in [2.75, 3.05) is 5.73 Å². The van der Waals surface area contributed by atoms with Crippen molar-refractivity contribution in [3.05, 3.63) is 52.0 Å². The Morgan fingerprint density at radius 2 is 1.65 bits per heavy atom. The molecule has 2 rings (SSSR count). The van der Waals surface area contributed by atoms with Crippen LogP contribution in [0.15, 0.2) is 34.8 Å². The predicted octanol–water partition coefficient (Wildman–Crippen LogP) is 4.28.